The zero-order valence-electron chi connectivity index (χ0n) is 58.5. The molecule has 0 atom stereocenters. The van der Waals surface area contributed by atoms with Gasteiger partial charge >= 0.3 is 6.85 Å². The minimum absolute atomic E-state index is 0.00482. The van der Waals surface area contributed by atoms with E-state index in [1.807, 2.05) is 11.3 Å². The highest BCUT2D eigenvalue weighted by molar-refractivity contribution is 7.26. The molecule has 0 amide bonds. The molecule has 6 heteroatoms. The van der Waals surface area contributed by atoms with Crippen LogP contribution in [0, 0.1) is 0 Å². The summed E-state index contributed by atoms with van der Waals surface area (Å²) in [6.07, 6.45) is 4.60. The molecule has 0 saturated carbocycles. The van der Waals surface area contributed by atoms with Crippen molar-refractivity contribution in [2.24, 2.45) is 0 Å². The maximum absolute atomic E-state index is 7.52. The average molecular weight is 1250 g/mol. The molecule has 2 aliphatic heterocycles. The maximum Gasteiger partial charge on any atom is 0.333 e. The molecule has 94 heavy (non-hydrogen) atoms. The van der Waals surface area contributed by atoms with Crippen molar-refractivity contribution in [2.45, 2.75) is 181 Å². The first-order valence-corrected chi connectivity index (χ1v) is 35.4. The van der Waals surface area contributed by atoms with Gasteiger partial charge in [0.2, 0.25) is 0 Å². The number of hydrogen-bond donors (Lipinski definition) is 0. The molecule has 10 aromatic carbocycles. The molecule has 0 unspecified atom stereocenters. The summed E-state index contributed by atoms with van der Waals surface area (Å²) in [5.74, 6) is 0. The van der Waals surface area contributed by atoms with Gasteiger partial charge in [0.15, 0.2) is 0 Å². The van der Waals surface area contributed by atoms with Crippen LogP contribution in [0.4, 0.5) is 45.5 Å². The van der Waals surface area contributed by atoms with Crippen molar-refractivity contribution in [2.75, 3.05) is 14.6 Å². The number of nitrogens with zero attached hydrogens (tertiary/aromatic N) is 3. The Balaban J connectivity index is 1.06. The minimum Gasteiger partial charge on any atom is -0.455 e. The highest BCUT2D eigenvalue weighted by Gasteiger charge is 2.49. The maximum atomic E-state index is 7.52. The van der Waals surface area contributed by atoms with Gasteiger partial charge in [0, 0.05) is 77.1 Å². The molecular formula is C88H90BN3OS. The summed E-state index contributed by atoms with van der Waals surface area (Å²) in [6.45, 7) is 40.3. The molecule has 0 spiro atoms. The summed E-state index contributed by atoms with van der Waals surface area (Å²) in [5.41, 5.74) is 28.1. The largest absolute Gasteiger partial charge is 0.455 e. The molecule has 4 aliphatic rings. The number of rotatable bonds is 6. The van der Waals surface area contributed by atoms with E-state index in [1.165, 1.54) is 105 Å². The van der Waals surface area contributed by atoms with E-state index in [1.54, 1.807) is 0 Å². The van der Waals surface area contributed by atoms with Crippen LogP contribution in [-0.4, -0.2) is 6.85 Å². The van der Waals surface area contributed by atoms with Crippen molar-refractivity contribution in [1.29, 1.82) is 0 Å². The third-order valence-corrected chi connectivity index (χ3v) is 23.8. The number of fused-ring (bicyclic) bond motifs is 14. The SMILES string of the molecule is CC(C)(C)c1ccc(N(c2ccc(C(C)(C)C)cc2)c2ccc3c(c2)-c2c4c(cc5c2oc2ccccc25)N(c2ccc(C(C)(C)C)cc2-c2ccccc2)c2c(ccc5c2sc2cc6c(cc25)C(C)(C)CCC6(C)C)B4N3c2ccc3c(c2)C(C)(C)CCC3(C)C)cc1. The number of furan rings is 1. The molecule has 0 saturated heterocycles. The van der Waals surface area contributed by atoms with Gasteiger partial charge in [-0.3, -0.25) is 0 Å². The fourth-order valence-corrected chi connectivity index (χ4v) is 17.9. The number of anilines is 8. The lowest BCUT2D eigenvalue weighted by molar-refractivity contribution is 0.332. The van der Waals surface area contributed by atoms with Gasteiger partial charge in [-0.25, -0.2) is 0 Å². The van der Waals surface area contributed by atoms with E-state index in [4.69, 9.17) is 4.42 Å². The first-order chi connectivity index (χ1) is 44.5. The fourth-order valence-electron chi connectivity index (χ4n) is 16.7. The molecule has 0 radical (unpaired) electrons. The van der Waals surface area contributed by atoms with Crippen molar-refractivity contribution in [3.8, 4) is 22.3 Å². The lowest BCUT2D eigenvalue weighted by Crippen LogP contribution is -2.61. The van der Waals surface area contributed by atoms with Gasteiger partial charge in [0.25, 0.3) is 0 Å². The summed E-state index contributed by atoms with van der Waals surface area (Å²) < 4.78 is 10.2. The van der Waals surface area contributed by atoms with E-state index in [0.717, 1.165) is 80.8 Å². The lowest BCUT2D eigenvalue weighted by Gasteiger charge is -2.47. The Labute approximate surface area is 562 Å². The van der Waals surface area contributed by atoms with Crippen molar-refractivity contribution < 1.29 is 4.42 Å². The van der Waals surface area contributed by atoms with E-state index >= 15 is 0 Å². The molecule has 12 aromatic rings. The number of para-hydroxylation sites is 1. The molecule has 0 bridgehead atoms. The summed E-state index contributed by atoms with van der Waals surface area (Å²) in [5, 5.41) is 4.89. The monoisotopic (exact) mass is 1250 g/mol. The summed E-state index contributed by atoms with van der Waals surface area (Å²) in [7, 11) is 0. The molecule has 4 heterocycles. The zero-order chi connectivity index (χ0) is 65.7. The number of benzene rings is 10. The van der Waals surface area contributed by atoms with Gasteiger partial charge in [0.05, 0.1) is 16.1 Å². The standard InChI is InChI=1S/C88H90BN3OS/c1-82(2,3)54-27-32-57(33-28-54)90(58-34-29-55(30-35-58)83(4,5)6)59-37-42-73-66(48-59)77-78-74(51-65-61-25-21-22-26-75(61)93-80(65)77)91(72-41-31-56(84(7,8)9)47-63(72)53-23-19-18-20-24-53)79-71(89(78)92(73)60-36-39-67-68(49-60)86(12,13)44-43-85(67,10)11)40-38-62-64-50-69-70(52-76(64)94-81(62)79)88(16,17)46-45-87(69,14)15/h18-42,47-52H,43-46H2,1-17H3. The second-order valence-corrected chi connectivity index (χ2v) is 34.9. The van der Waals surface area contributed by atoms with Crippen molar-refractivity contribution in [3.63, 3.8) is 0 Å². The van der Waals surface area contributed by atoms with Crippen LogP contribution in [0.25, 0.3) is 64.4 Å². The highest BCUT2D eigenvalue weighted by atomic mass is 32.1. The normalized spacial score (nSPS) is 16.9. The Morgan fingerprint density at radius 1 is 0.436 bits per heavy atom. The van der Waals surface area contributed by atoms with Crippen molar-refractivity contribution in [3.05, 3.63) is 227 Å². The summed E-state index contributed by atoms with van der Waals surface area (Å²) in [6, 6.07) is 73.7. The number of hydrogen-bond acceptors (Lipinski definition) is 5. The van der Waals surface area contributed by atoms with E-state index in [-0.39, 0.29) is 44.8 Å². The van der Waals surface area contributed by atoms with Crippen LogP contribution >= 0.6 is 11.3 Å². The van der Waals surface area contributed by atoms with Gasteiger partial charge in [0.1, 0.15) is 11.2 Å². The Hall–Kier alpha value is -8.32. The predicted molar refractivity (Wildman–Crippen MR) is 407 cm³/mol. The molecule has 16 rings (SSSR count). The molecule has 472 valence electrons. The van der Waals surface area contributed by atoms with Crippen LogP contribution in [-0.2, 0) is 37.9 Å². The smallest absolute Gasteiger partial charge is 0.333 e. The lowest BCUT2D eigenvalue weighted by atomic mass is 9.43. The fraction of sp³-hybridized carbons (Fsp3) is 0.318. The van der Waals surface area contributed by atoms with E-state index in [9.17, 15) is 0 Å². The molecule has 0 N–H and O–H groups in total. The topological polar surface area (TPSA) is 22.9 Å². The van der Waals surface area contributed by atoms with Crippen LogP contribution in [0.5, 0.6) is 0 Å². The summed E-state index contributed by atoms with van der Waals surface area (Å²) in [4.78, 5) is 7.97. The number of thiophene rings is 1. The van der Waals surface area contributed by atoms with Gasteiger partial charge in [-0.2, -0.15) is 0 Å². The van der Waals surface area contributed by atoms with Crippen LogP contribution in [0.2, 0.25) is 0 Å². The third-order valence-electron chi connectivity index (χ3n) is 22.6. The second kappa shape index (κ2) is 20.6. The average Bonchev–Trinajstić information content (AvgIpc) is 1.17. The van der Waals surface area contributed by atoms with E-state index in [2.05, 4.69) is 320 Å². The minimum atomic E-state index is -0.273. The second-order valence-electron chi connectivity index (χ2n) is 33.9. The van der Waals surface area contributed by atoms with Crippen molar-refractivity contribution in [1.82, 2.24) is 0 Å². The third kappa shape index (κ3) is 9.40. The van der Waals surface area contributed by atoms with E-state index < -0.39 is 0 Å². The van der Waals surface area contributed by atoms with Gasteiger partial charge in [-0.1, -0.05) is 215 Å². The highest BCUT2D eigenvalue weighted by Crippen LogP contribution is 2.58. The molecular weight excluding hydrogens is 1160 g/mol. The summed E-state index contributed by atoms with van der Waals surface area (Å²) >= 11 is 2.00. The van der Waals surface area contributed by atoms with Gasteiger partial charge < -0.3 is 19.0 Å². The van der Waals surface area contributed by atoms with Gasteiger partial charge in [-0.05, 0) is 210 Å². The Morgan fingerprint density at radius 3 is 1.62 bits per heavy atom. The van der Waals surface area contributed by atoms with Crippen LogP contribution in [0.3, 0.4) is 0 Å². The first-order valence-electron chi connectivity index (χ1n) is 34.6. The quantitative estimate of drug-likeness (QED) is 0.155. The molecule has 4 nitrogen and oxygen atoms in total. The molecule has 2 aliphatic carbocycles. The van der Waals surface area contributed by atoms with Crippen molar-refractivity contribution >= 4 is 117 Å². The van der Waals surface area contributed by atoms with Gasteiger partial charge in [-0.15, -0.1) is 11.3 Å². The van der Waals surface area contributed by atoms with E-state index in [0.29, 0.717) is 0 Å². The Bertz CT molecular complexity index is 5040. The predicted octanol–water partition coefficient (Wildman–Crippen LogP) is 24.4. The molecule has 0 fully saturated rings. The first kappa shape index (κ1) is 60.6. The van der Waals surface area contributed by atoms with Crippen LogP contribution in [0.1, 0.15) is 182 Å². The molecule has 2 aromatic heterocycles. The zero-order valence-corrected chi connectivity index (χ0v) is 59.3. The Morgan fingerprint density at radius 2 is 0.989 bits per heavy atom. The van der Waals surface area contributed by atoms with Crippen LogP contribution < -0.4 is 25.5 Å². The Kier molecular flexibility index (Phi) is 13.3. The van der Waals surface area contributed by atoms with Crippen LogP contribution in [0.15, 0.2) is 192 Å².